The molecule has 2 aromatic heterocycles. The number of nitrogens with two attached hydrogens (primary N) is 1. The maximum absolute atomic E-state index is 12.5. The van der Waals surface area contributed by atoms with E-state index < -0.39 is 5.51 Å². The Balaban J connectivity index is 1.82. The summed E-state index contributed by atoms with van der Waals surface area (Å²) in [5, 5.41) is 9.69. The molecule has 27 heavy (non-hydrogen) atoms. The standard InChI is InChI=1S/C18H14F3N5S/c1-25-10-11(9-23-25)17-15-8-12(22)2-7-16(15)26(24-17)13-3-5-14(6-4-13)27-18(19,20)21/h2-10H,22H2,1H3. The van der Waals surface area contributed by atoms with Crippen LogP contribution in [0.1, 0.15) is 0 Å². The molecular weight excluding hydrogens is 375 g/mol. The van der Waals surface area contributed by atoms with Gasteiger partial charge in [-0.25, -0.2) is 4.68 Å². The van der Waals surface area contributed by atoms with Crippen LogP contribution in [0.5, 0.6) is 0 Å². The molecule has 0 saturated carbocycles. The largest absolute Gasteiger partial charge is 0.446 e. The van der Waals surface area contributed by atoms with Crippen molar-refractivity contribution in [2.75, 3.05) is 5.73 Å². The minimum atomic E-state index is -4.31. The smallest absolute Gasteiger partial charge is 0.399 e. The Kier molecular flexibility index (Phi) is 4.11. The van der Waals surface area contributed by atoms with Crippen LogP contribution in [0.3, 0.4) is 0 Å². The monoisotopic (exact) mass is 389 g/mol. The van der Waals surface area contributed by atoms with Crippen molar-refractivity contribution in [3.63, 3.8) is 0 Å². The van der Waals surface area contributed by atoms with Gasteiger partial charge in [-0.2, -0.15) is 23.4 Å². The molecule has 0 bridgehead atoms. The molecule has 9 heteroatoms. The van der Waals surface area contributed by atoms with Gasteiger partial charge in [-0.15, -0.1) is 0 Å². The van der Waals surface area contributed by atoms with Crippen LogP contribution in [0, 0.1) is 0 Å². The number of benzene rings is 2. The number of anilines is 1. The fourth-order valence-electron chi connectivity index (χ4n) is 2.88. The van der Waals surface area contributed by atoms with Gasteiger partial charge in [-0.05, 0) is 54.2 Å². The molecule has 0 aliphatic carbocycles. The predicted molar refractivity (Wildman–Crippen MR) is 99.6 cm³/mol. The zero-order valence-electron chi connectivity index (χ0n) is 14.1. The molecule has 0 amide bonds. The molecule has 5 nitrogen and oxygen atoms in total. The Labute approximate surface area is 156 Å². The van der Waals surface area contributed by atoms with Gasteiger partial charge in [0.05, 0.1) is 17.4 Å². The summed E-state index contributed by atoms with van der Waals surface area (Å²) in [5.74, 6) is 0. The highest BCUT2D eigenvalue weighted by Crippen LogP contribution is 2.37. The molecule has 4 rings (SSSR count). The van der Waals surface area contributed by atoms with Crippen LogP contribution in [-0.4, -0.2) is 25.1 Å². The number of fused-ring (bicyclic) bond motifs is 1. The first kappa shape index (κ1) is 17.5. The number of aromatic nitrogens is 4. The molecule has 138 valence electrons. The molecule has 0 spiro atoms. The number of nitrogens with zero attached hydrogens (tertiary/aromatic N) is 4. The summed E-state index contributed by atoms with van der Waals surface area (Å²) in [4.78, 5) is 0.124. The van der Waals surface area contributed by atoms with Crippen LogP contribution in [-0.2, 0) is 7.05 Å². The third kappa shape index (κ3) is 3.50. The van der Waals surface area contributed by atoms with E-state index in [4.69, 9.17) is 5.73 Å². The number of hydrogen-bond acceptors (Lipinski definition) is 4. The number of aryl methyl sites for hydroxylation is 1. The Morgan fingerprint density at radius 2 is 1.81 bits per heavy atom. The van der Waals surface area contributed by atoms with Gasteiger partial charge in [0, 0.05) is 34.8 Å². The van der Waals surface area contributed by atoms with Gasteiger partial charge >= 0.3 is 5.51 Å². The Hall–Kier alpha value is -2.94. The van der Waals surface area contributed by atoms with Gasteiger partial charge < -0.3 is 5.73 Å². The summed E-state index contributed by atoms with van der Waals surface area (Å²) < 4.78 is 41.0. The van der Waals surface area contributed by atoms with Crippen LogP contribution in [0.2, 0.25) is 0 Å². The van der Waals surface area contributed by atoms with E-state index >= 15 is 0 Å². The topological polar surface area (TPSA) is 61.7 Å². The molecule has 0 fully saturated rings. The van der Waals surface area contributed by atoms with Gasteiger partial charge in [-0.1, -0.05) is 0 Å². The Morgan fingerprint density at radius 1 is 1.07 bits per heavy atom. The summed E-state index contributed by atoms with van der Waals surface area (Å²) in [7, 11) is 1.81. The molecule has 2 aromatic carbocycles. The van der Waals surface area contributed by atoms with Crippen molar-refractivity contribution >= 4 is 28.4 Å². The predicted octanol–water partition coefficient (Wildman–Crippen LogP) is 4.62. The van der Waals surface area contributed by atoms with E-state index in [2.05, 4.69) is 10.2 Å². The summed E-state index contributed by atoms with van der Waals surface area (Å²) in [6, 6.07) is 11.5. The van der Waals surface area contributed by atoms with E-state index in [9.17, 15) is 13.2 Å². The van der Waals surface area contributed by atoms with E-state index in [1.165, 1.54) is 12.1 Å². The van der Waals surface area contributed by atoms with E-state index in [1.54, 1.807) is 33.8 Å². The van der Waals surface area contributed by atoms with Crippen molar-refractivity contribution in [3.05, 3.63) is 54.9 Å². The van der Waals surface area contributed by atoms with Gasteiger partial charge in [-0.3, -0.25) is 4.68 Å². The number of alkyl halides is 3. The molecule has 2 N–H and O–H groups in total. The zero-order valence-corrected chi connectivity index (χ0v) is 14.9. The first-order valence-corrected chi connectivity index (χ1v) is 8.75. The second kappa shape index (κ2) is 6.34. The van der Waals surface area contributed by atoms with Crippen LogP contribution in [0.25, 0.3) is 27.8 Å². The average molecular weight is 389 g/mol. The van der Waals surface area contributed by atoms with Crippen molar-refractivity contribution in [1.29, 1.82) is 0 Å². The molecule has 0 saturated heterocycles. The highest BCUT2D eigenvalue weighted by atomic mass is 32.2. The maximum Gasteiger partial charge on any atom is 0.446 e. The van der Waals surface area contributed by atoms with Crippen molar-refractivity contribution in [2.24, 2.45) is 7.05 Å². The van der Waals surface area contributed by atoms with Crippen LogP contribution >= 0.6 is 11.8 Å². The third-order valence-corrected chi connectivity index (χ3v) is 4.74. The molecule has 0 unspecified atom stereocenters. The molecule has 0 aliphatic rings. The first-order chi connectivity index (χ1) is 12.8. The van der Waals surface area contributed by atoms with Crippen molar-refractivity contribution < 1.29 is 13.2 Å². The number of nitrogen functional groups attached to an aromatic ring is 1. The van der Waals surface area contributed by atoms with Gasteiger partial charge in [0.15, 0.2) is 0 Å². The number of halogens is 3. The van der Waals surface area contributed by atoms with E-state index in [0.29, 0.717) is 17.1 Å². The van der Waals surface area contributed by atoms with E-state index in [0.717, 1.165) is 16.5 Å². The van der Waals surface area contributed by atoms with Gasteiger partial charge in [0.1, 0.15) is 5.69 Å². The highest BCUT2D eigenvalue weighted by Gasteiger charge is 2.29. The first-order valence-electron chi connectivity index (χ1n) is 7.94. The molecule has 0 atom stereocenters. The van der Waals surface area contributed by atoms with Crippen molar-refractivity contribution in [2.45, 2.75) is 10.4 Å². The highest BCUT2D eigenvalue weighted by molar-refractivity contribution is 8.00. The molecule has 0 radical (unpaired) electrons. The van der Waals surface area contributed by atoms with Crippen LogP contribution in [0.15, 0.2) is 59.8 Å². The second-order valence-electron chi connectivity index (χ2n) is 5.98. The summed E-state index contributed by atoms with van der Waals surface area (Å²) in [5.41, 5.74) is 5.22. The van der Waals surface area contributed by atoms with Crippen molar-refractivity contribution in [1.82, 2.24) is 19.6 Å². The van der Waals surface area contributed by atoms with Gasteiger partial charge in [0.2, 0.25) is 0 Å². The summed E-state index contributed by atoms with van der Waals surface area (Å²) in [6.07, 6.45) is 3.55. The third-order valence-electron chi connectivity index (χ3n) is 4.00. The number of rotatable bonds is 3. The molecule has 2 heterocycles. The maximum atomic E-state index is 12.5. The van der Waals surface area contributed by atoms with Crippen LogP contribution in [0.4, 0.5) is 18.9 Å². The minimum Gasteiger partial charge on any atom is -0.399 e. The lowest BCUT2D eigenvalue weighted by molar-refractivity contribution is -0.0328. The minimum absolute atomic E-state index is 0.124. The quantitative estimate of drug-likeness (QED) is 0.410. The van der Waals surface area contributed by atoms with E-state index in [1.807, 2.05) is 25.4 Å². The fraction of sp³-hybridized carbons (Fsp3) is 0.111. The van der Waals surface area contributed by atoms with E-state index in [-0.39, 0.29) is 16.7 Å². The van der Waals surface area contributed by atoms with Crippen LogP contribution < -0.4 is 5.73 Å². The van der Waals surface area contributed by atoms with Gasteiger partial charge in [0.25, 0.3) is 0 Å². The molecule has 0 aliphatic heterocycles. The molecule has 4 aromatic rings. The zero-order chi connectivity index (χ0) is 19.2. The fourth-order valence-corrected chi connectivity index (χ4v) is 3.42. The summed E-state index contributed by atoms with van der Waals surface area (Å²) in [6.45, 7) is 0. The summed E-state index contributed by atoms with van der Waals surface area (Å²) >= 11 is -0.142. The normalized spacial score (nSPS) is 12.0. The lowest BCUT2D eigenvalue weighted by Gasteiger charge is -2.07. The Bertz CT molecular complexity index is 1110. The SMILES string of the molecule is Cn1cc(-c2nn(-c3ccc(SC(F)(F)F)cc3)c3ccc(N)cc23)cn1. The average Bonchev–Trinajstić information content (AvgIpc) is 3.17. The number of hydrogen-bond donors (Lipinski definition) is 1. The lowest BCUT2D eigenvalue weighted by atomic mass is 10.1. The van der Waals surface area contributed by atoms with Crippen molar-refractivity contribution in [3.8, 4) is 16.9 Å². The molecular formula is C18H14F3N5S. The second-order valence-corrected chi connectivity index (χ2v) is 7.12. The Morgan fingerprint density at radius 3 is 2.44 bits per heavy atom. The lowest BCUT2D eigenvalue weighted by Crippen LogP contribution is -2.00. The number of thioether (sulfide) groups is 1.